The molecule has 0 aliphatic carbocycles. The van der Waals surface area contributed by atoms with E-state index >= 15 is 0 Å². The normalized spacial score (nSPS) is 11.0. The number of aryl methyl sites for hydroxylation is 1. The zero-order valence-corrected chi connectivity index (χ0v) is 11.3. The van der Waals surface area contributed by atoms with Crippen molar-refractivity contribution < 1.29 is 6.15 Å². The van der Waals surface area contributed by atoms with Gasteiger partial charge in [-0.1, -0.05) is 0 Å². The Morgan fingerprint density at radius 1 is 1.50 bits per heavy atom. The standard InChI is InChI=1S/C11H9N9O2/c1-3-8-7(6-22-9-4-5-12-14-9)10(15-16-13-8)20-11(21)19(2)17-18-20/h1,4-5H,6H2,2H3,(H,12,14)/i/hT. The van der Waals surface area contributed by atoms with Gasteiger partial charge in [0.2, 0.25) is 5.88 Å². The molecule has 3 aromatic heterocycles. The number of rotatable bonds is 4. The second-order valence-corrected chi connectivity index (χ2v) is 4.04. The fraction of sp³-hybridized carbons (Fsp3) is 0.182. The van der Waals surface area contributed by atoms with Crippen LogP contribution < -0.4 is 10.4 Å². The first-order valence-corrected chi connectivity index (χ1v) is 5.96. The average molecular weight is 301 g/mol. The highest BCUT2D eigenvalue weighted by atomic mass is 16.5. The van der Waals surface area contributed by atoms with E-state index in [0.29, 0.717) is 5.56 Å². The number of aromatic amines is 1. The van der Waals surface area contributed by atoms with Gasteiger partial charge in [0.15, 0.2) is 7.23 Å². The van der Waals surface area contributed by atoms with Crippen molar-refractivity contribution in [3.05, 3.63) is 34.0 Å². The highest BCUT2D eigenvalue weighted by Crippen LogP contribution is 2.14. The molecule has 0 radical (unpaired) electrons. The number of H-pyrrole nitrogens is 1. The Morgan fingerprint density at radius 3 is 3.00 bits per heavy atom. The van der Waals surface area contributed by atoms with Crippen LogP contribution in [0.2, 0.25) is 1.41 Å². The molecule has 11 heteroatoms. The molecule has 3 heterocycles. The first-order valence-electron chi connectivity index (χ1n) is 6.41. The lowest BCUT2D eigenvalue weighted by Crippen LogP contribution is -2.25. The van der Waals surface area contributed by atoms with E-state index in [9.17, 15) is 4.79 Å². The van der Waals surface area contributed by atoms with Crippen LogP contribution in [0, 0.1) is 12.3 Å². The Bertz CT molecular complexity index is 951. The van der Waals surface area contributed by atoms with Crippen LogP contribution in [0.15, 0.2) is 17.1 Å². The Hall–Kier alpha value is -3.55. The van der Waals surface area contributed by atoms with Gasteiger partial charge in [-0.15, -0.1) is 26.4 Å². The summed E-state index contributed by atoms with van der Waals surface area (Å²) >= 11 is 0. The van der Waals surface area contributed by atoms with Gasteiger partial charge in [-0.25, -0.2) is 4.79 Å². The molecule has 0 aromatic carbocycles. The van der Waals surface area contributed by atoms with Crippen molar-refractivity contribution in [3.8, 4) is 24.0 Å². The number of ether oxygens (including phenoxy) is 1. The van der Waals surface area contributed by atoms with Crippen LogP contribution in [-0.4, -0.2) is 45.4 Å². The van der Waals surface area contributed by atoms with E-state index in [-0.39, 0.29) is 24.0 Å². The lowest BCUT2D eigenvalue weighted by atomic mass is 10.2. The van der Waals surface area contributed by atoms with E-state index in [1.54, 1.807) is 0 Å². The fourth-order valence-electron chi connectivity index (χ4n) is 1.65. The Kier molecular flexibility index (Phi) is 3.02. The molecule has 11 nitrogen and oxygen atoms in total. The molecule has 0 atom stereocenters. The van der Waals surface area contributed by atoms with Gasteiger partial charge in [0.25, 0.3) is 0 Å². The minimum Gasteiger partial charge on any atom is -0.471 e. The van der Waals surface area contributed by atoms with Gasteiger partial charge in [-0.2, -0.15) is 4.68 Å². The minimum absolute atomic E-state index is 0.0661. The predicted octanol–water partition coefficient (Wildman–Crippen LogP) is -1.57. The van der Waals surface area contributed by atoms with Crippen LogP contribution in [0.1, 0.15) is 11.3 Å². The summed E-state index contributed by atoms with van der Waals surface area (Å²) in [5.74, 6) is 2.62. The summed E-state index contributed by atoms with van der Waals surface area (Å²) in [6.45, 7) is -0.0859. The van der Waals surface area contributed by atoms with Gasteiger partial charge in [-0.3, -0.25) is 5.09 Å². The van der Waals surface area contributed by atoms with Crippen molar-refractivity contribution in [2.45, 2.75) is 6.61 Å². The summed E-state index contributed by atoms with van der Waals surface area (Å²) < 4.78 is 14.7. The summed E-state index contributed by atoms with van der Waals surface area (Å²) in [5.41, 5.74) is -0.0485. The van der Waals surface area contributed by atoms with Gasteiger partial charge < -0.3 is 4.74 Å². The lowest BCUT2D eigenvalue weighted by Gasteiger charge is -2.07. The molecule has 0 aliphatic rings. The third-order valence-corrected chi connectivity index (χ3v) is 2.70. The van der Waals surface area contributed by atoms with Crippen molar-refractivity contribution in [1.82, 2.24) is 45.4 Å². The van der Waals surface area contributed by atoms with E-state index in [2.05, 4.69) is 36.9 Å². The largest absolute Gasteiger partial charge is 0.471 e. The first kappa shape index (κ1) is 12.2. The van der Waals surface area contributed by atoms with Crippen LogP contribution in [0.25, 0.3) is 5.82 Å². The van der Waals surface area contributed by atoms with E-state index in [1.165, 1.54) is 19.3 Å². The van der Waals surface area contributed by atoms with Crippen LogP contribution in [-0.2, 0) is 13.7 Å². The second-order valence-electron chi connectivity index (χ2n) is 4.04. The van der Waals surface area contributed by atoms with Crippen molar-refractivity contribution in [1.29, 1.82) is 0 Å². The first-order chi connectivity index (χ1) is 11.1. The Labute approximate surface area is 124 Å². The molecule has 0 saturated carbocycles. The maximum absolute atomic E-state index is 12.0. The number of hydrogen-bond donors (Lipinski definition) is 1. The van der Waals surface area contributed by atoms with Crippen molar-refractivity contribution in [2.24, 2.45) is 7.05 Å². The number of tetrazole rings is 1. The van der Waals surface area contributed by atoms with Crippen LogP contribution in [0.3, 0.4) is 0 Å². The summed E-state index contributed by atoms with van der Waals surface area (Å²) in [7, 11) is 1.44. The molecule has 0 fully saturated rings. The summed E-state index contributed by atoms with van der Waals surface area (Å²) in [6.07, 6.45) is 6.80. The molecule has 0 saturated heterocycles. The van der Waals surface area contributed by atoms with Crippen LogP contribution in [0.4, 0.5) is 0 Å². The highest BCUT2D eigenvalue weighted by Gasteiger charge is 2.18. The molecular formula is C11H9N9O2. The molecule has 0 bridgehead atoms. The molecule has 0 aliphatic heterocycles. The molecule has 0 amide bonds. The second kappa shape index (κ2) is 5.44. The Balaban J connectivity index is 2.02. The number of aromatic nitrogens is 9. The number of hydrogen-bond acceptors (Lipinski definition) is 8. The van der Waals surface area contributed by atoms with Crippen molar-refractivity contribution >= 4 is 0 Å². The van der Waals surface area contributed by atoms with Crippen molar-refractivity contribution in [2.75, 3.05) is 0 Å². The molecular weight excluding hydrogens is 290 g/mol. The topological polar surface area (TPSA) is 129 Å². The van der Waals surface area contributed by atoms with E-state index in [1.807, 2.05) is 0 Å². The summed E-state index contributed by atoms with van der Waals surface area (Å²) in [5, 5.41) is 22.9. The predicted molar refractivity (Wildman–Crippen MR) is 70.8 cm³/mol. The molecule has 3 rings (SSSR count). The van der Waals surface area contributed by atoms with Crippen molar-refractivity contribution in [3.63, 3.8) is 0 Å². The molecule has 0 unspecified atom stereocenters. The van der Waals surface area contributed by atoms with Gasteiger partial charge in [-0.05, 0) is 21.6 Å². The monoisotopic (exact) mass is 301 g/mol. The SMILES string of the molecule is [3H]n1ccc(OCc2c(C#C)nnnc2-n2nnn(C)c2=O)n1. The van der Waals surface area contributed by atoms with Crippen LogP contribution in [0.5, 0.6) is 5.88 Å². The van der Waals surface area contributed by atoms with Gasteiger partial charge >= 0.3 is 5.69 Å². The van der Waals surface area contributed by atoms with Crippen LogP contribution >= 0.6 is 0 Å². The smallest absolute Gasteiger partial charge is 0.369 e. The molecule has 0 spiro atoms. The number of terminal acetylenes is 1. The molecule has 110 valence electrons. The van der Waals surface area contributed by atoms with E-state index in [0.717, 1.165) is 14.5 Å². The molecule has 1 N–H and O–H groups in total. The lowest BCUT2D eigenvalue weighted by molar-refractivity contribution is 0.291. The zero-order valence-electron chi connectivity index (χ0n) is 12.3. The highest BCUT2D eigenvalue weighted by molar-refractivity contribution is 5.41. The number of nitrogens with zero attached hydrogens (tertiary/aromatic N) is 8. The average Bonchev–Trinajstić information content (AvgIpc) is 3.11. The maximum Gasteiger partial charge on any atom is 0.369 e. The fourth-order valence-corrected chi connectivity index (χ4v) is 1.65. The quantitative estimate of drug-likeness (QED) is 0.572. The van der Waals surface area contributed by atoms with E-state index in [4.69, 9.17) is 12.6 Å². The van der Waals surface area contributed by atoms with Gasteiger partial charge in [0, 0.05) is 19.3 Å². The number of nitrogens with one attached hydrogen (secondary N) is 1. The summed E-state index contributed by atoms with van der Waals surface area (Å²) in [6, 6.07) is 1.50. The summed E-state index contributed by atoms with van der Waals surface area (Å²) in [4.78, 5) is 12.0. The van der Waals surface area contributed by atoms with E-state index < -0.39 is 5.69 Å². The van der Waals surface area contributed by atoms with Gasteiger partial charge in [0.1, 0.15) is 12.3 Å². The minimum atomic E-state index is -0.523. The van der Waals surface area contributed by atoms with Gasteiger partial charge in [0.05, 0.1) is 5.56 Å². The zero-order chi connectivity index (χ0) is 16.4. The third kappa shape index (κ3) is 2.29. The molecule has 3 aromatic rings. The maximum atomic E-state index is 12.0. The molecule has 22 heavy (non-hydrogen) atoms. The third-order valence-electron chi connectivity index (χ3n) is 2.70. The Morgan fingerprint density at radius 2 is 2.36 bits per heavy atom.